The van der Waals surface area contributed by atoms with Gasteiger partial charge in [0.1, 0.15) is 28.7 Å². The maximum atomic E-state index is 14.4. The van der Waals surface area contributed by atoms with E-state index in [1.54, 1.807) is 67.8 Å². The van der Waals surface area contributed by atoms with Crippen molar-refractivity contribution in [2.75, 3.05) is 13.7 Å². The van der Waals surface area contributed by atoms with E-state index in [9.17, 15) is 40.4 Å². The summed E-state index contributed by atoms with van der Waals surface area (Å²) in [6, 6.07) is 35.4. The van der Waals surface area contributed by atoms with Crippen molar-refractivity contribution in [2.24, 2.45) is 11.7 Å². The molecule has 0 heterocycles. The topological polar surface area (TPSA) is 339 Å². The van der Waals surface area contributed by atoms with Gasteiger partial charge in [-0.2, -0.15) is 15.8 Å². The maximum absolute atomic E-state index is 14.4. The minimum atomic E-state index is -0.922. The van der Waals surface area contributed by atoms with Gasteiger partial charge < -0.3 is 36.1 Å². The number of nitrogens with two attached hydrogens (primary N) is 1. The van der Waals surface area contributed by atoms with Crippen LogP contribution in [0.1, 0.15) is 96.1 Å². The summed E-state index contributed by atoms with van der Waals surface area (Å²) in [5.41, 5.74) is 7.59. The number of carbonyl (C=O) groups is 3. The zero-order valence-electron chi connectivity index (χ0n) is 40.2. The standard InChI is InChI=1S/C56H48N12O7/c1-74-39-17-9-31(10-18-39)29-65-55(62)67-52(72)48-43(22-16-37(26-58)44(48)32-5-3-2-4-6-32)75-40-19-13-33(14-20-40)45-38(27-59)24-41(50(70)49(45)53(73)68-56(63)64-28-30-7-8-30)34-11-12-35(23-34)46-36(25-57)15-21-42(69)47(46)51(71)66-54(60)61/h2-6,9-10,12-22,24,30,34,69-70H,7-8,11,23,28-29H2,1H3,(H4,60,61,66,71)(H3,62,65,67,72)(H3,63,64,68,73). The van der Waals surface area contributed by atoms with Crippen LogP contribution < -0.4 is 41.8 Å². The van der Waals surface area contributed by atoms with Crippen molar-refractivity contribution in [3.8, 4) is 69.2 Å². The van der Waals surface area contributed by atoms with Crippen molar-refractivity contribution < 1.29 is 34.1 Å². The predicted molar refractivity (Wildman–Crippen MR) is 278 cm³/mol. The molecule has 1 atom stereocenters. The Hall–Kier alpha value is -10.5. The minimum Gasteiger partial charge on any atom is -0.507 e. The van der Waals surface area contributed by atoms with E-state index in [4.69, 9.17) is 31.4 Å². The van der Waals surface area contributed by atoms with Gasteiger partial charge in [0.25, 0.3) is 17.7 Å². The zero-order chi connectivity index (χ0) is 53.3. The molecule has 1 unspecified atom stereocenters. The summed E-state index contributed by atoms with van der Waals surface area (Å²) in [6.45, 7) is 0.653. The number of carbonyl (C=O) groups excluding carboxylic acids is 3. The number of nitrogens with zero attached hydrogens (tertiary/aromatic N) is 3. The lowest BCUT2D eigenvalue weighted by molar-refractivity contribution is 0.0964. The van der Waals surface area contributed by atoms with E-state index in [2.05, 4.69) is 38.7 Å². The third-order valence-corrected chi connectivity index (χ3v) is 12.6. The molecule has 0 aliphatic heterocycles. The smallest absolute Gasteiger partial charge is 0.262 e. The number of benzene rings is 6. The Bertz CT molecular complexity index is 3460. The van der Waals surface area contributed by atoms with Crippen molar-refractivity contribution in [3.05, 3.63) is 165 Å². The molecule has 2 aliphatic rings. The molecule has 1 saturated carbocycles. The van der Waals surface area contributed by atoms with Gasteiger partial charge in [0, 0.05) is 29.8 Å². The lowest BCUT2D eigenvalue weighted by Crippen LogP contribution is -2.41. The summed E-state index contributed by atoms with van der Waals surface area (Å²) in [7, 11) is 1.56. The van der Waals surface area contributed by atoms with Crippen molar-refractivity contribution in [1.82, 2.24) is 26.6 Å². The van der Waals surface area contributed by atoms with Crippen LogP contribution in [0.4, 0.5) is 0 Å². The second-order valence-corrected chi connectivity index (χ2v) is 17.6. The van der Waals surface area contributed by atoms with Gasteiger partial charge in [0.15, 0.2) is 17.9 Å². The number of methoxy groups -OCH3 is 1. The number of hydrogen-bond donors (Lipinski definition) is 11. The molecule has 2 aliphatic carbocycles. The number of phenols is 2. The van der Waals surface area contributed by atoms with E-state index >= 15 is 0 Å². The number of phenolic OH excluding ortho intramolecular Hbond substituents is 2. The van der Waals surface area contributed by atoms with Crippen LogP contribution in [0.3, 0.4) is 0 Å². The number of guanidine groups is 3. The van der Waals surface area contributed by atoms with Crippen LogP contribution in [-0.2, 0) is 6.54 Å². The monoisotopic (exact) mass is 1000 g/mol. The Kier molecular flexibility index (Phi) is 15.2. The number of allylic oxidation sites excluding steroid dienone is 2. The maximum Gasteiger partial charge on any atom is 0.262 e. The normalized spacial score (nSPS) is 13.4. The van der Waals surface area contributed by atoms with Crippen LogP contribution in [0.5, 0.6) is 28.7 Å². The summed E-state index contributed by atoms with van der Waals surface area (Å²) in [5.74, 6) is -4.24. The Morgan fingerprint density at radius 3 is 1.91 bits per heavy atom. The largest absolute Gasteiger partial charge is 0.507 e. The number of nitriles is 3. The Morgan fingerprint density at radius 1 is 0.680 bits per heavy atom. The second kappa shape index (κ2) is 22.3. The average molecular weight is 1000 g/mol. The molecule has 374 valence electrons. The van der Waals surface area contributed by atoms with Crippen LogP contribution in [0.25, 0.3) is 27.8 Å². The predicted octanol–water partition coefficient (Wildman–Crippen LogP) is 7.55. The van der Waals surface area contributed by atoms with E-state index in [0.29, 0.717) is 29.3 Å². The molecular formula is C56H48N12O7. The molecule has 19 nitrogen and oxygen atoms in total. The first-order valence-corrected chi connectivity index (χ1v) is 23.4. The van der Waals surface area contributed by atoms with Gasteiger partial charge in [0.05, 0.1) is 58.7 Å². The van der Waals surface area contributed by atoms with Gasteiger partial charge >= 0.3 is 0 Å². The first-order valence-electron chi connectivity index (χ1n) is 23.4. The molecule has 0 radical (unpaired) electrons. The Labute approximate surface area is 430 Å². The average Bonchev–Trinajstić information content (AvgIpc) is 4.13. The van der Waals surface area contributed by atoms with Crippen LogP contribution in [-0.4, -0.2) is 59.5 Å². The van der Waals surface area contributed by atoms with E-state index in [1.165, 1.54) is 42.5 Å². The lowest BCUT2D eigenvalue weighted by atomic mass is 9.84. The lowest BCUT2D eigenvalue weighted by Gasteiger charge is -2.21. The first kappa shape index (κ1) is 50.9. The molecule has 12 N–H and O–H groups in total. The number of amides is 3. The molecule has 75 heavy (non-hydrogen) atoms. The Balaban J connectivity index is 1.14. The molecular weight excluding hydrogens is 953 g/mol. The second-order valence-electron chi connectivity index (χ2n) is 17.6. The highest BCUT2D eigenvalue weighted by Crippen LogP contribution is 2.48. The fourth-order valence-electron chi connectivity index (χ4n) is 8.86. The molecule has 19 heteroatoms. The number of ether oxygens (including phenoxy) is 2. The fraction of sp³-hybridized carbons (Fsp3) is 0.161. The number of hydrogen-bond acceptors (Lipinski definition) is 13. The van der Waals surface area contributed by atoms with Gasteiger partial charge in [-0.25, -0.2) is 0 Å². The fourth-order valence-corrected chi connectivity index (χ4v) is 8.86. The molecule has 1 fully saturated rings. The molecule has 6 aromatic carbocycles. The molecule has 0 saturated heterocycles. The summed E-state index contributed by atoms with van der Waals surface area (Å²) < 4.78 is 11.6. The molecule has 3 amide bonds. The highest BCUT2D eigenvalue weighted by Gasteiger charge is 2.33. The number of rotatable bonds is 14. The summed E-state index contributed by atoms with van der Waals surface area (Å²) >= 11 is 0. The van der Waals surface area contributed by atoms with Crippen LogP contribution in [0, 0.1) is 56.1 Å². The summed E-state index contributed by atoms with van der Waals surface area (Å²) in [5, 5.41) is 91.9. The van der Waals surface area contributed by atoms with Crippen molar-refractivity contribution in [3.63, 3.8) is 0 Å². The highest BCUT2D eigenvalue weighted by atomic mass is 16.5. The van der Waals surface area contributed by atoms with Crippen LogP contribution in [0.15, 0.2) is 115 Å². The zero-order valence-corrected chi connectivity index (χ0v) is 40.2. The van der Waals surface area contributed by atoms with E-state index in [-0.39, 0.29) is 104 Å². The molecule has 0 bridgehead atoms. The van der Waals surface area contributed by atoms with Gasteiger partial charge in [-0.1, -0.05) is 60.7 Å². The van der Waals surface area contributed by atoms with Gasteiger partial charge in [-0.15, -0.1) is 0 Å². The van der Waals surface area contributed by atoms with E-state index in [0.717, 1.165) is 18.4 Å². The molecule has 0 spiro atoms. The van der Waals surface area contributed by atoms with Crippen LogP contribution in [0.2, 0.25) is 0 Å². The minimum absolute atomic E-state index is 0.0225. The third kappa shape index (κ3) is 11.4. The van der Waals surface area contributed by atoms with Crippen molar-refractivity contribution in [1.29, 1.82) is 32.0 Å². The molecule has 8 rings (SSSR count). The summed E-state index contributed by atoms with van der Waals surface area (Å²) in [6.07, 6.45) is 3.96. The number of aromatic hydroxyl groups is 2. The van der Waals surface area contributed by atoms with E-state index in [1.807, 2.05) is 18.2 Å². The van der Waals surface area contributed by atoms with Gasteiger partial charge in [0.2, 0.25) is 0 Å². The molecule has 6 aromatic rings. The quantitative estimate of drug-likeness (QED) is 0.0371. The van der Waals surface area contributed by atoms with Crippen molar-refractivity contribution in [2.45, 2.75) is 38.1 Å². The third-order valence-electron chi connectivity index (χ3n) is 12.6. The highest BCUT2D eigenvalue weighted by molar-refractivity contribution is 6.13. The van der Waals surface area contributed by atoms with Gasteiger partial charge in [-0.05, 0) is 120 Å². The van der Waals surface area contributed by atoms with Crippen molar-refractivity contribution >= 4 is 41.2 Å². The van der Waals surface area contributed by atoms with E-state index < -0.39 is 41.1 Å². The Morgan fingerprint density at radius 2 is 1.27 bits per heavy atom. The SMILES string of the molecule is COc1ccc(CNC(=N)NC(=O)c2c(Oc3ccc(-c4c(C#N)cc(C5CC=C(c6c(C#N)ccc(O)c6C(=O)NC(=N)N)C5)c(O)c4C(=O)NC(=N)NCC4CC4)cc3)ccc(C#N)c2-c2ccccc2)cc1. The summed E-state index contributed by atoms with van der Waals surface area (Å²) in [4.78, 5) is 41.9. The molecule has 0 aromatic heterocycles. The first-order chi connectivity index (χ1) is 36.2. The van der Waals surface area contributed by atoms with Crippen LogP contribution >= 0.6 is 0 Å². The number of nitrogens with one attached hydrogen (secondary N) is 8. The van der Waals surface area contributed by atoms with Gasteiger partial charge in [-0.3, -0.25) is 46.6 Å².